The molecule has 0 saturated carbocycles. The normalized spacial score (nSPS) is 14.3. The summed E-state index contributed by atoms with van der Waals surface area (Å²) in [6.45, 7) is 0.245. The molecule has 3 amide bonds. The van der Waals surface area contributed by atoms with Crippen molar-refractivity contribution in [2.24, 2.45) is 5.73 Å². The van der Waals surface area contributed by atoms with Gasteiger partial charge < -0.3 is 5.73 Å². The summed E-state index contributed by atoms with van der Waals surface area (Å²) in [5.74, 6) is -1.16. The number of benzene rings is 1. The van der Waals surface area contributed by atoms with Gasteiger partial charge in [0.1, 0.15) is 0 Å². The van der Waals surface area contributed by atoms with E-state index in [1.165, 1.54) is 12.2 Å². The number of rotatable bonds is 4. The van der Waals surface area contributed by atoms with Crippen LogP contribution in [0.5, 0.6) is 0 Å². The Hall–Kier alpha value is -2.43. The van der Waals surface area contributed by atoms with Crippen LogP contribution in [0, 0.1) is 0 Å². The summed E-state index contributed by atoms with van der Waals surface area (Å²) in [6, 6.07) is 6.90. The van der Waals surface area contributed by atoms with Crippen LogP contribution in [-0.4, -0.2) is 29.2 Å². The third kappa shape index (κ3) is 2.29. The van der Waals surface area contributed by atoms with Crippen molar-refractivity contribution in [2.45, 2.75) is 6.42 Å². The lowest BCUT2D eigenvalue weighted by atomic mass is 10.0. The lowest BCUT2D eigenvalue weighted by molar-refractivity contribution is -0.136. The molecule has 1 heterocycles. The van der Waals surface area contributed by atoms with E-state index in [1.54, 1.807) is 24.3 Å². The van der Waals surface area contributed by atoms with Crippen LogP contribution in [0.3, 0.4) is 0 Å². The average molecular weight is 244 g/mol. The molecule has 1 aromatic carbocycles. The molecule has 1 aliphatic heterocycles. The summed E-state index contributed by atoms with van der Waals surface area (Å²) < 4.78 is 0. The Bertz CT molecular complexity index is 531. The Morgan fingerprint density at radius 3 is 2.33 bits per heavy atom. The van der Waals surface area contributed by atoms with Crippen molar-refractivity contribution in [1.29, 1.82) is 0 Å². The van der Waals surface area contributed by atoms with Crippen LogP contribution in [0.1, 0.15) is 15.9 Å². The third-order valence-electron chi connectivity index (χ3n) is 2.79. The summed E-state index contributed by atoms with van der Waals surface area (Å²) in [5, 5.41) is 0. The van der Waals surface area contributed by atoms with Gasteiger partial charge in [-0.05, 0) is 18.1 Å². The number of hydrogen-bond acceptors (Lipinski definition) is 3. The fraction of sp³-hybridized carbons (Fsp3) is 0.154. The molecule has 2 N–H and O–H groups in total. The van der Waals surface area contributed by atoms with E-state index in [9.17, 15) is 14.4 Å². The standard InChI is InChI=1S/C13H12N2O3/c14-13(18)10-4-2-1-3-9(10)7-8-15-11(16)5-6-12(15)17/h1-6H,7-8H2,(H2,14,18). The minimum absolute atomic E-state index is 0.245. The minimum Gasteiger partial charge on any atom is -0.366 e. The highest BCUT2D eigenvalue weighted by Crippen LogP contribution is 2.11. The first-order valence-electron chi connectivity index (χ1n) is 5.51. The predicted octanol–water partition coefficient (Wildman–Crippen LogP) is 0.253. The number of hydrogen-bond donors (Lipinski definition) is 1. The number of carbonyl (C=O) groups excluding carboxylic acids is 3. The number of nitrogens with zero attached hydrogens (tertiary/aromatic N) is 1. The molecule has 0 aromatic heterocycles. The van der Waals surface area contributed by atoms with Crippen LogP contribution in [0.15, 0.2) is 36.4 Å². The molecular formula is C13H12N2O3. The molecule has 5 heteroatoms. The molecule has 0 atom stereocenters. The van der Waals surface area contributed by atoms with Crippen molar-refractivity contribution < 1.29 is 14.4 Å². The zero-order valence-corrected chi connectivity index (χ0v) is 9.63. The van der Waals surface area contributed by atoms with Crippen LogP contribution >= 0.6 is 0 Å². The molecule has 1 aromatic rings. The van der Waals surface area contributed by atoms with Gasteiger partial charge >= 0.3 is 0 Å². The molecule has 92 valence electrons. The lowest BCUT2D eigenvalue weighted by Gasteiger charge is -2.14. The highest BCUT2D eigenvalue weighted by molar-refractivity contribution is 6.12. The zero-order valence-electron chi connectivity index (χ0n) is 9.63. The smallest absolute Gasteiger partial charge is 0.253 e. The van der Waals surface area contributed by atoms with Crippen molar-refractivity contribution in [3.8, 4) is 0 Å². The van der Waals surface area contributed by atoms with Crippen molar-refractivity contribution in [2.75, 3.05) is 6.54 Å². The van der Waals surface area contributed by atoms with Gasteiger partial charge in [0.05, 0.1) is 0 Å². The Kier molecular flexibility index (Phi) is 3.23. The van der Waals surface area contributed by atoms with E-state index in [2.05, 4.69) is 0 Å². The van der Waals surface area contributed by atoms with Gasteiger partial charge in [-0.3, -0.25) is 19.3 Å². The van der Waals surface area contributed by atoms with E-state index in [0.717, 1.165) is 10.5 Å². The highest BCUT2D eigenvalue weighted by atomic mass is 16.2. The van der Waals surface area contributed by atoms with Crippen LogP contribution < -0.4 is 5.73 Å². The molecule has 5 nitrogen and oxygen atoms in total. The molecule has 2 rings (SSSR count). The third-order valence-corrected chi connectivity index (χ3v) is 2.79. The summed E-state index contributed by atoms with van der Waals surface area (Å²) in [6.07, 6.45) is 2.89. The van der Waals surface area contributed by atoms with E-state index in [1.807, 2.05) is 0 Å². The molecule has 1 aliphatic rings. The minimum atomic E-state index is -0.511. The van der Waals surface area contributed by atoms with Gasteiger partial charge in [0.2, 0.25) is 5.91 Å². The van der Waals surface area contributed by atoms with Gasteiger partial charge in [0.15, 0.2) is 0 Å². The van der Waals surface area contributed by atoms with Crippen molar-refractivity contribution in [3.63, 3.8) is 0 Å². The highest BCUT2D eigenvalue weighted by Gasteiger charge is 2.23. The van der Waals surface area contributed by atoms with Gasteiger partial charge in [-0.2, -0.15) is 0 Å². The predicted molar refractivity (Wildman–Crippen MR) is 64.5 cm³/mol. The number of nitrogens with two attached hydrogens (primary N) is 1. The van der Waals surface area contributed by atoms with Crippen LogP contribution in [-0.2, 0) is 16.0 Å². The van der Waals surface area contributed by atoms with Crippen LogP contribution in [0.4, 0.5) is 0 Å². The summed E-state index contributed by atoms with van der Waals surface area (Å²) in [4.78, 5) is 35.0. The quantitative estimate of drug-likeness (QED) is 0.771. The number of amides is 3. The molecule has 0 spiro atoms. The first kappa shape index (κ1) is 12.0. The van der Waals surface area contributed by atoms with Gasteiger partial charge in [-0.1, -0.05) is 18.2 Å². The van der Waals surface area contributed by atoms with E-state index < -0.39 is 5.91 Å². The van der Waals surface area contributed by atoms with Crippen LogP contribution in [0.25, 0.3) is 0 Å². The number of imide groups is 1. The molecule has 18 heavy (non-hydrogen) atoms. The van der Waals surface area contributed by atoms with Gasteiger partial charge in [-0.15, -0.1) is 0 Å². The Labute approximate surface area is 104 Å². The Balaban J connectivity index is 2.09. The Morgan fingerprint density at radius 1 is 1.11 bits per heavy atom. The van der Waals surface area contributed by atoms with E-state index in [0.29, 0.717) is 12.0 Å². The van der Waals surface area contributed by atoms with Gasteiger partial charge in [-0.25, -0.2) is 0 Å². The first-order chi connectivity index (χ1) is 8.59. The van der Waals surface area contributed by atoms with Crippen molar-refractivity contribution in [1.82, 2.24) is 4.90 Å². The molecule has 0 unspecified atom stereocenters. The summed E-state index contributed by atoms with van der Waals surface area (Å²) in [5.41, 5.74) is 6.41. The van der Waals surface area contributed by atoms with Gasteiger partial charge in [0, 0.05) is 24.3 Å². The van der Waals surface area contributed by atoms with Crippen LogP contribution in [0.2, 0.25) is 0 Å². The molecule has 0 aliphatic carbocycles. The molecule has 0 saturated heterocycles. The maximum Gasteiger partial charge on any atom is 0.253 e. The first-order valence-corrected chi connectivity index (χ1v) is 5.51. The average Bonchev–Trinajstić information content (AvgIpc) is 2.67. The fourth-order valence-corrected chi connectivity index (χ4v) is 1.86. The summed E-state index contributed by atoms with van der Waals surface area (Å²) >= 11 is 0. The van der Waals surface area contributed by atoms with E-state index in [-0.39, 0.29) is 18.4 Å². The Morgan fingerprint density at radius 2 is 1.72 bits per heavy atom. The van der Waals surface area contributed by atoms with E-state index in [4.69, 9.17) is 5.73 Å². The maximum absolute atomic E-state index is 11.4. The second-order valence-corrected chi connectivity index (χ2v) is 3.93. The molecular weight excluding hydrogens is 232 g/mol. The second kappa shape index (κ2) is 4.83. The topological polar surface area (TPSA) is 80.5 Å². The summed E-state index contributed by atoms with van der Waals surface area (Å²) in [7, 11) is 0. The van der Waals surface area contributed by atoms with Gasteiger partial charge in [0.25, 0.3) is 11.8 Å². The molecule has 0 fully saturated rings. The van der Waals surface area contributed by atoms with Crippen molar-refractivity contribution in [3.05, 3.63) is 47.5 Å². The SMILES string of the molecule is NC(=O)c1ccccc1CCN1C(=O)C=CC1=O. The monoisotopic (exact) mass is 244 g/mol. The maximum atomic E-state index is 11.4. The van der Waals surface area contributed by atoms with E-state index >= 15 is 0 Å². The van der Waals surface area contributed by atoms with Crippen molar-refractivity contribution >= 4 is 17.7 Å². The molecule has 0 bridgehead atoms. The largest absolute Gasteiger partial charge is 0.366 e. The second-order valence-electron chi connectivity index (χ2n) is 3.93. The fourth-order valence-electron chi connectivity index (χ4n) is 1.86. The number of primary amides is 1. The lowest BCUT2D eigenvalue weighted by Crippen LogP contribution is -2.32. The number of carbonyl (C=O) groups is 3. The zero-order chi connectivity index (χ0) is 13.1. The molecule has 0 radical (unpaired) electrons.